The Labute approximate surface area is 239 Å². The van der Waals surface area contributed by atoms with Crippen LogP contribution in [0.15, 0.2) is 29.1 Å². The zero-order chi connectivity index (χ0) is 30.4. The molecule has 2 amide bonds. The summed E-state index contributed by atoms with van der Waals surface area (Å²) in [6, 6.07) is 4.26. The Morgan fingerprint density at radius 3 is 2.27 bits per heavy atom. The van der Waals surface area contributed by atoms with E-state index in [4.69, 9.17) is 14.2 Å². The molecule has 3 rings (SSSR count). The number of hydrogen-bond donors (Lipinski definition) is 4. The van der Waals surface area contributed by atoms with E-state index in [1.54, 1.807) is 12.1 Å². The third-order valence-electron chi connectivity index (χ3n) is 7.00. The van der Waals surface area contributed by atoms with E-state index in [1.807, 2.05) is 19.9 Å². The zero-order valence-electron chi connectivity index (χ0n) is 24.5. The van der Waals surface area contributed by atoms with Crippen molar-refractivity contribution in [2.45, 2.75) is 65.1 Å². The van der Waals surface area contributed by atoms with Gasteiger partial charge in [-0.05, 0) is 67.0 Å². The minimum atomic E-state index is -1.16. The van der Waals surface area contributed by atoms with Gasteiger partial charge in [0.05, 0.1) is 33.1 Å². The number of hydrogen-bond acceptors (Lipinski definition) is 8. The molecule has 0 spiro atoms. The average Bonchev–Trinajstić information content (AvgIpc) is 3.15. The molecule has 0 saturated carbocycles. The average molecular weight is 570 g/mol. The Morgan fingerprint density at radius 2 is 1.71 bits per heavy atom. The molecule has 0 aromatic heterocycles. The van der Waals surface area contributed by atoms with Crippen molar-refractivity contribution in [1.82, 2.24) is 10.6 Å². The predicted molar refractivity (Wildman–Crippen MR) is 155 cm³/mol. The summed E-state index contributed by atoms with van der Waals surface area (Å²) < 4.78 is 17.0. The first-order valence-corrected chi connectivity index (χ1v) is 13.5. The number of carbonyl (C=O) groups is 3. The molecule has 11 nitrogen and oxygen atoms in total. The third-order valence-corrected chi connectivity index (χ3v) is 7.00. The number of aryl methyl sites for hydroxylation is 1. The maximum absolute atomic E-state index is 13.6. The topological polar surface area (TPSA) is 152 Å². The van der Waals surface area contributed by atoms with Crippen LogP contribution in [0.1, 0.15) is 57.7 Å². The van der Waals surface area contributed by atoms with Crippen molar-refractivity contribution in [2.75, 3.05) is 26.6 Å². The first-order valence-electron chi connectivity index (χ1n) is 13.5. The van der Waals surface area contributed by atoms with E-state index in [-0.39, 0.29) is 17.5 Å². The number of amides is 2. The Kier molecular flexibility index (Phi) is 10.2. The van der Waals surface area contributed by atoms with Crippen LogP contribution in [0.3, 0.4) is 0 Å². The summed E-state index contributed by atoms with van der Waals surface area (Å²) in [5, 5.41) is 17.7. The van der Waals surface area contributed by atoms with Crippen molar-refractivity contribution in [1.29, 1.82) is 0 Å². The van der Waals surface area contributed by atoms with Gasteiger partial charge in [-0.3, -0.25) is 19.2 Å². The van der Waals surface area contributed by atoms with Crippen LogP contribution in [-0.4, -0.2) is 56.3 Å². The molecule has 11 heteroatoms. The minimum absolute atomic E-state index is 0.0744. The summed E-state index contributed by atoms with van der Waals surface area (Å²) in [7, 11) is 4.57. The van der Waals surface area contributed by atoms with Crippen molar-refractivity contribution in [3.63, 3.8) is 0 Å². The molecule has 4 N–H and O–H groups in total. The van der Waals surface area contributed by atoms with Gasteiger partial charge in [0, 0.05) is 12.5 Å². The van der Waals surface area contributed by atoms with Crippen LogP contribution in [-0.2, 0) is 20.8 Å². The van der Waals surface area contributed by atoms with Crippen LogP contribution in [0.25, 0.3) is 11.1 Å². The van der Waals surface area contributed by atoms with E-state index in [0.29, 0.717) is 53.2 Å². The number of rotatable bonds is 11. The van der Waals surface area contributed by atoms with Crippen molar-refractivity contribution >= 4 is 23.5 Å². The fourth-order valence-electron chi connectivity index (χ4n) is 5.09. The minimum Gasteiger partial charge on any atom is -0.493 e. The summed E-state index contributed by atoms with van der Waals surface area (Å²) in [6.45, 7) is 6.65. The molecule has 1 aliphatic carbocycles. The summed E-state index contributed by atoms with van der Waals surface area (Å²) in [5.74, 6) is -0.540. The highest BCUT2D eigenvalue weighted by Gasteiger charge is 2.30. The monoisotopic (exact) mass is 569 g/mol. The second-order valence-electron chi connectivity index (χ2n) is 10.5. The Bertz CT molecular complexity index is 1370. The van der Waals surface area contributed by atoms with E-state index < -0.39 is 35.4 Å². The number of methoxy groups -OCH3 is 3. The highest BCUT2D eigenvalue weighted by molar-refractivity contribution is 5.89. The van der Waals surface area contributed by atoms with Crippen molar-refractivity contribution in [3.05, 3.63) is 45.6 Å². The Balaban J connectivity index is 2.23. The second-order valence-corrected chi connectivity index (χ2v) is 10.5. The molecule has 2 aromatic carbocycles. The van der Waals surface area contributed by atoms with Gasteiger partial charge in [-0.25, -0.2) is 0 Å². The molecule has 0 radical (unpaired) electrons. The van der Waals surface area contributed by atoms with E-state index >= 15 is 0 Å². The van der Waals surface area contributed by atoms with Gasteiger partial charge < -0.3 is 35.3 Å². The molecule has 0 aliphatic heterocycles. The lowest BCUT2D eigenvalue weighted by Crippen LogP contribution is -2.47. The molecule has 0 saturated heterocycles. The maximum atomic E-state index is 13.6. The molecule has 0 fully saturated rings. The number of aliphatic carboxylic acids is 1. The Hall–Kier alpha value is -4.28. The van der Waals surface area contributed by atoms with E-state index in [9.17, 15) is 24.3 Å². The van der Waals surface area contributed by atoms with Crippen LogP contribution in [0.4, 0.5) is 5.69 Å². The van der Waals surface area contributed by atoms with Gasteiger partial charge in [0.2, 0.25) is 23.0 Å². The number of carboxylic acids is 1. The number of fused-ring (bicyclic) bond motifs is 3. The summed E-state index contributed by atoms with van der Waals surface area (Å²) in [5.41, 5.74) is 2.61. The Morgan fingerprint density at radius 1 is 1.02 bits per heavy atom. The lowest BCUT2D eigenvalue weighted by Gasteiger charge is -2.22. The number of carbonyl (C=O) groups excluding carboxylic acids is 2. The normalized spacial score (nSPS) is 15.4. The maximum Gasteiger partial charge on any atom is 0.325 e. The quantitative estimate of drug-likeness (QED) is 0.319. The fourth-order valence-corrected chi connectivity index (χ4v) is 5.09. The summed E-state index contributed by atoms with van der Waals surface area (Å²) in [4.78, 5) is 50.1. The van der Waals surface area contributed by atoms with Crippen LogP contribution in [0, 0.1) is 5.92 Å². The number of ether oxygens (including phenoxy) is 3. The van der Waals surface area contributed by atoms with Gasteiger partial charge in [-0.15, -0.1) is 0 Å². The number of carboxylic acid groups (broad SMARTS) is 1. The van der Waals surface area contributed by atoms with Gasteiger partial charge in [0.25, 0.3) is 0 Å². The highest BCUT2D eigenvalue weighted by Crippen LogP contribution is 2.50. The molecular weight excluding hydrogens is 530 g/mol. The molecular formula is C30H39N3O8. The third kappa shape index (κ3) is 7.08. The van der Waals surface area contributed by atoms with Crippen molar-refractivity contribution in [2.24, 2.45) is 5.92 Å². The molecule has 0 unspecified atom stereocenters. The standard InChI is InChI=1S/C30H39N3O8/c1-15(2)12-23(29(36)31-16(3)30(37)38)33-22-11-9-19-20(14-24(22)35)21(32-17(4)34)10-8-18-13-25(39-5)27(40-6)28(41-7)26(18)19/h9,11,13-16,21,23H,8,10,12H2,1-7H3,(H,31,36)(H,32,34)(H,33,35)(H,37,38)/t16-,21-,23-/m0/s1. The predicted octanol–water partition coefficient (Wildman–Crippen LogP) is 3.28. The van der Waals surface area contributed by atoms with Crippen LogP contribution < -0.4 is 35.6 Å². The molecule has 41 heavy (non-hydrogen) atoms. The molecule has 2 aromatic rings. The van der Waals surface area contributed by atoms with Crippen LogP contribution >= 0.6 is 0 Å². The first-order chi connectivity index (χ1) is 19.4. The molecule has 1 aliphatic rings. The van der Waals surface area contributed by atoms with Crippen molar-refractivity contribution < 1.29 is 33.7 Å². The SMILES string of the molecule is COc1cc2c(c(OC)c1OC)-c1ccc(N[C@@H](CC(C)C)C(=O)N[C@@H](C)C(=O)O)c(=O)cc1[C@@H](NC(C)=O)CC2. The van der Waals surface area contributed by atoms with E-state index in [0.717, 1.165) is 5.56 Å². The first kappa shape index (κ1) is 31.3. The van der Waals surface area contributed by atoms with Gasteiger partial charge in [0.1, 0.15) is 12.1 Å². The van der Waals surface area contributed by atoms with Gasteiger partial charge in [-0.1, -0.05) is 19.9 Å². The zero-order valence-corrected chi connectivity index (χ0v) is 24.5. The molecule has 0 bridgehead atoms. The van der Waals surface area contributed by atoms with Gasteiger partial charge in [-0.2, -0.15) is 0 Å². The van der Waals surface area contributed by atoms with Crippen molar-refractivity contribution in [3.8, 4) is 28.4 Å². The number of benzene rings is 1. The second kappa shape index (κ2) is 13.4. The van der Waals surface area contributed by atoms with Gasteiger partial charge >= 0.3 is 5.97 Å². The largest absolute Gasteiger partial charge is 0.493 e. The number of nitrogens with one attached hydrogen (secondary N) is 3. The van der Waals surface area contributed by atoms with E-state index in [1.165, 1.54) is 41.2 Å². The molecule has 0 heterocycles. The molecule has 222 valence electrons. The smallest absolute Gasteiger partial charge is 0.325 e. The summed E-state index contributed by atoms with van der Waals surface area (Å²) >= 11 is 0. The summed E-state index contributed by atoms with van der Waals surface area (Å²) in [6.07, 6.45) is 1.43. The lowest BCUT2D eigenvalue weighted by molar-refractivity contribution is -0.141. The highest BCUT2D eigenvalue weighted by atomic mass is 16.5. The van der Waals surface area contributed by atoms with Crippen LogP contribution in [0.2, 0.25) is 0 Å². The molecule has 3 atom stereocenters. The number of anilines is 1. The van der Waals surface area contributed by atoms with Gasteiger partial charge in [0.15, 0.2) is 11.5 Å². The fraction of sp³-hybridized carbons (Fsp3) is 0.467. The van der Waals surface area contributed by atoms with E-state index in [2.05, 4.69) is 16.0 Å². The lowest BCUT2D eigenvalue weighted by atomic mass is 9.95. The van der Waals surface area contributed by atoms with Crippen LogP contribution in [0.5, 0.6) is 17.2 Å².